The van der Waals surface area contributed by atoms with Crippen LogP contribution < -0.4 is 5.32 Å². The van der Waals surface area contributed by atoms with E-state index in [0.717, 1.165) is 11.3 Å². The number of nitrogens with zero attached hydrogens (tertiary/aromatic N) is 1. The van der Waals surface area contributed by atoms with Crippen molar-refractivity contribution in [2.24, 2.45) is 5.92 Å². The number of aryl methyl sites for hydroxylation is 1. The molecule has 3 rings (SSSR count). The smallest absolute Gasteiger partial charge is 0.350 e. The third-order valence-electron chi connectivity index (χ3n) is 3.87. The van der Waals surface area contributed by atoms with Gasteiger partial charge in [0.1, 0.15) is 4.88 Å². The van der Waals surface area contributed by atoms with Gasteiger partial charge in [0.05, 0.1) is 17.2 Å². The number of thiazole rings is 1. The summed E-state index contributed by atoms with van der Waals surface area (Å²) >= 11 is 0.974. The van der Waals surface area contributed by atoms with Crippen LogP contribution in [0.25, 0.3) is 0 Å². The van der Waals surface area contributed by atoms with Crippen molar-refractivity contribution in [3.63, 3.8) is 0 Å². The van der Waals surface area contributed by atoms with Crippen molar-refractivity contribution in [1.29, 1.82) is 0 Å². The average Bonchev–Trinajstić information content (AvgIpc) is 3.34. The Labute approximate surface area is 177 Å². The van der Waals surface area contributed by atoms with Crippen LogP contribution in [0.2, 0.25) is 0 Å². The van der Waals surface area contributed by atoms with Crippen molar-refractivity contribution in [1.82, 2.24) is 4.98 Å². The first kappa shape index (κ1) is 21.7. The first-order valence-corrected chi connectivity index (χ1v) is 11.3. The van der Waals surface area contributed by atoms with E-state index in [1.54, 1.807) is 25.1 Å². The lowest BCUT2D eigenvalue weighted by Gasteiger charge is -2.05. The number of carbonyl (C=O) groups is 2. The van der Waals surface area contributed by atoms with Crippen molar-refractivity contribution >= 4 is 38.2 Å². The Morgan fingerprint density at radius 3 is 2.53 bits per heavy atom. The maximum atomic E-state index is 12.6. The molecule has 2 heterocycles. The Morgan fingerprint density at radius 1 is 1.17 bits per heavy atom. The van der Waals surface area contributed by atoms with E-state index >= 15 is 0 Å². The molecule has 0 aliphatic carbocycles. The molecule has 0 unspecified atom stereocenters. The first-order valence-electron chi connectivity index (χ1n) is 9.04. The predicted octanol–water partition coefficient (Wildman–Crippen LogP) is 3.94. The molecule has 1 amide bonds. The SMILES string of the molecule is Cc1nc(NC(=O)c2ccc(S(=O)(=O)c3ccccc3)o2)sc1C(=O)OCC(C)C. The minimum absolute atomic E-state index is 0.0615. The van der Waals surface area contributed by atoms with Crippen molar-refractivity contribution in [2.45, 2.75) is 30.8 Å². The van der Waals surface area contributed by atoms with Crippen LogP contribution in [0.4, 0.5) is 5.13 Å². The quantitative estimate of drug-likeness (QED) is 0.544. The highest BCUT2D eigenvalue weighted by Crippen LogP contribution is 2.26. The number of furan rings is 1. The van der Waals surface area contributed by atoms with Crippen molar-refractivity contribution in [3.05, 3.63) is 58.8 Å². The third-order valence-corrected chi connectivity index (χ3v) is 6.57. The lowest BCUT2D eigenvalue weighted by molar-refractivity contribution is 0.0463. The normalized spacial score (nSPS) is 11.5. The Kier molecular flexibility index (Phi) is 6.37. The number of nitrogens with one attached hydrogen (secondary N) is 1. The summed E-state index contributed by atoms with van der Waals surface area (Å²) in [6.45, 7) is 5.76. The number of benzene rings is 1. The molecule has 0 bridgehead atoms. The van der Waals surface area contributed by atoms with Crippen molar-refractivity contribution in [3.8, 4) is 0 Å². The zero-order valence-corrected chi connectivity index (χ0v) is 18.2. The topological polar surface area (TPSA) is 116 Å². The minimum Gasteiger partial charge on any atom is -0.461 e. The minimum atomic E-state index is -3.87. The van der Waals surface area contributed by atoms with Crippen LogP contribution in [0, 0.1) is 12.8 Å². The lowest BCUT2D eigenvalue weighted by Crippen LogP contribution is -2.10. The molecule has 0 radical (unpaired) electrons. The molecule has 0 saturated carbocycles. The number of hydrogen-bond donors (Lipinski definition) is 1. The van der Waals surface area contributed by atoms with Gasteiger partial charge >= 0.3 is 5.97 Å². The van der Waals surface area contributed by atoms with Gasteiger partial charge in [-0.25, -0.2) is 18.2 Å². The summed E-state index contributed by atoms with van der Waals surface area (Å²) < 4.78 is 35.6. The first-order chi connectivity index (χ1) is 14.2. The predicted molar refractivity (Wildman–Crippen MR) is 111 cm³/mol. The van der Waals surface area contributed by atoms with Crippen LogP contribution in [0.15, 0.2) is 56.9 Å². The molecule has 0 fully saturated rings. The molecule has 3 aromatic rings. The number of aromatic nitrogens is 1. The van der Waals surface area contributed by atoms with Crippen LogP contribution >= 0.6 is 11.3 Å². The fourth-order valence-corrected chi connectivity index (χ4v) is 4.46. The van der Waals surface area contributed by atoms with Gasteiger partial charge in [0.25, 0.3) is 5.91 Å². The van der Waals surface area contributed by atoms with E-state index in [9.17, 15) is 18.0 Å². The van der Waals surface area contributed by atoms with Gasteiger partial charge in [-0.15, -0.1) is 0 Å². The second-order valence-electron chi connectivity index (χ2n) is 6.82. The van der Waals surface area contributed by atoms with Gasteiger partial charge in [-0.2, -0.15) is 0 Å². The highest BCUT2D eigenvalue weighted by atomic mass is 32.2. The number of esters is 1. The third kappa shape index (κ3) is 4.77. The Bertz CT molecular complexity index is 1160. The molecule has 1 aromatic carbocycles. The van der Waals surface area contributed by atoms with E-state index in [0.29, 0.717) is 5.69 Å². The molecule has 0 atom stereocenters. The Balaban J connectivity index is 1.74. The van der Waals surface area contributed by atoms with Gasteiger partial charge in [-0.3, -0.25) is 10.1 Å². The fourth-order valence-electron chi connectivity index (χ4n) is 2.41. The molecule has 0 spiro atoms. The van der Waals surface area contributed by atoms with Crippen LogP contribution in [-0.4, -0.2) is 31.9 Å². The molecule has 158 valence electrons. The second kappa shape index (κ2) is 8.80. The molecule has 0 saturated heterocycles. The van der Waals surface area contributed by atoms with Crippen LogP contribution in [0.5, 0.6) is 0 Å². The van der Waals surface area contributed by atoms with E-state index < -0.39 is 21.7 Å². The number of rotatable bonds is 7. The number of carbonyl (C=O) groups excluding carboxylic acids is 2. The highest BCUT2D eigenvalue weighted by molar-refractivity contribution is 7.91. The van der Waals surface area contributed by atoms with Gasteiger partial charge in [-0.1, -0.05) is 43.4 Å². The summed E-state index contributed by atoms with van der Waals surface area (Å²) in [6, 6.07) is 10.3. The fraction of sp³-hybridized carbons (Fsp3) is 0.250. The van der Waals surface area contributed by atoms with Crippen molar-refractivity contribution < 1.29 is 27.2 Å². The summed E-state index contributed by atoms with van der Waals surface area (Å²) in [6.07, 6.45) is 0. The molecule has 0 aliphatic heterocycles. The summed E-state index contributed by atoms with van der Waals surface area (Å²) in [4.78, 5) is 29.1. The zero-order chi connectivity index (χ0) is 21.9. The van der Waals surface area contributed by atoms with E-state index in [4.69, 9.17) is 9.15 Å². The molecule has 8 nitrogen and oxygen atoms in total. The molecule has 10 heteroatoms. The summed E-state index contributed by atoms with van der Waals surface area (Å²) in [5, 5.41) is 2.35. The number of sulfone groups is 1. The Morgan fingerprint density at radius 2 is 1.87 bits per heavy atom. The Hall–Kier alpha value is -2.98. The molecular weight excluding hydrogens is 428 g/mol. The highest BCUT2D eigenvalue weighted by Gasteiger charge is 2.24. The lowest BCUT2D eigenvalue weighted by atomic mass is 10.2. The average molecular weight is 449 g/mol. The monoisotopic (exact) mass is 448 g/mol. The van der Waals surface area contributed by atoms with Gasteiger partial charge < -0.3 is 9.15 Å². The van der Waals surface area contributed by atoms with E-state index in [1.807, 2.05) is 13.8 Å². The maximum absolute atomic E-state index is 12.6. The van der Waals surface area contributed by atoms with E-state index in [2.05, 4.69) is 10.3 Å². The zero-order valence-electron chi connectivity index (χ0n) is 16.5. The van der Waals surface area contributed by atoms with Crippen molar-refractivity contribution in [2.75, 3.05) is 11.9 Å². The number of hydrogen-bond acceptors (Lipinski definition) is 8. The molecule has 30 heavy (non-hydrogen) atoms. The molecule has 1 N–H and O–H groups in total. The van der Waals surface area contributed by atoms with E-state index in [1.165, 1.54) is 24.3 Å². The number of ether oxygens (including phenoxy) is 1. The van der Waals surface area contributed by atoms with E-state index in [-0.39, 0.29) is 38.3 Å². The summed E-state index contributed by atoms with van der Waals surface area (Å²) in [5.74, 6) is -1.18. The molecular formula is C20H20N2O6S2. The van der Waals surface area contributed by atoms with Crippen LogP contribution in [0.1, 0.15) is 39.8 Å². The maximum Gasteiger partial charge on any atom is 0.350 e. The van der Waals surface area contributed by atoms with Gasteiger partial charge in [0, 0.05) is 0 Å². The molecule has 2 aromatic heterocycles. The van der Waals surface area contributed by atoms with Gasteiger partial charge in [-0.05, 0) is 37.1 Å². The van der Waals surface area contributed by atoms with Crippen LogP contribution in [0.3, 0.4) is 0 Å². The number of amides is 1. The van der Waals surface area contributed by atoms with Gasteiger partial charge in [0.2, 0.25) is 14.9 Å². The largest absolute Gasteiger partial charge is 0.461 e. The summed E-state index contributed by atoms with van der Waals surface area (Å²) in [5.41, 5.74) is 0.427. The summed E-state index contributed by atoms with van der Waals surface area (Å²) in [7, 11) is -3.87. The second-order valence-corrected chi connectivity index (χ2v) is 9.69. The molecule has 0 aliphatic rings. The standard InChI is InChI=1S/C20H20N2O6S2/c1-12(2)11-27-19(24)17-13(3)21-20(29-17)22-18(23)15-9-10-16(28-15)30(25,26)14-7-5-4-6-8-14/h4-10,12H,11H2,1-3H3,(H,21,22,23). The van der Waals surface area contributed by atoms with Crippen LogP contribution in [-0.2, 0) is 14.6 Å². The van der Waals surface area contributed by atoms with Gasteiger partial charge in [0.15, 0.2) is 10.9 Å². The number of anilines is 1.